The summed E-state index contributed by atoms with van der Waals surface area (Å²) in [6, 6.07) is 6.79. The number of likely N-dealkylation sites (tertiary alicyclic amines) is 1. The minimum Gasteiger partial charge on any atom is -0.481 e. The van der Waals surface area contributed by atoms with Crippen LogP contribution in [0.4, 0.5) is 0 Å². The van der Waals surface area contributed by atoms with E-state index in [0.29, 0.717) is 18.5 Å². The maximum Gasteiger partial charge on any atom is 0.308 e. The average Bonchev–Trinajstić information content (AvgIpc) is 2.95. The molecule has 0 aliphatic carbocycles. The van der Waals surface area contributed by atoms with Crippen LogP contribution < -0.4 is 0 Å². The number of hydrogen-bond donors (Lipinski definition) is 1. The number of carboxylic acids is 1. The molecular weight excluding hydrogens is 260 g/mol. The van der Waals surface area contributed by atoms with Crippen molar-refractivity contribution in [2.24, 2.45) is 11.0 Å². The molecule has 1 aromatic carbocycles. The van der Waals surface area contributed by atoms with E-state index in [1.54, 1.807) is 29.2 Å². The molecule has 0 bridgehead atoms. The topological polar surface area (TPSA) is 106 Å². The molecule has 1 unspecified atom stereocenters. The predicted molar refractivity (Wildman–Crippen MR) is 70.9 cm³/mol. The third-order valence-electron chi connectivity index (χ3n) is 3.34. The Morgan fingerprint density at radius 3 is 2.65 bits per heavy atom. The van der Waals surface area contributed by atoms with Crippen molar-refractivity contribution in [3.8, 4) is 0 Å². The number of carbonyl (C=O) groups is 2. The standard InChI is InChI=1S/C13H14N4O3/c14-16-15-7-9-1-3-10(4-2-9)12(18)17-6-5-11(8-17)13(19)20/h1-4,11H,5-8H2,(H,19,20). The van der Waals surface area contributed by atoms with Crippen molar-refractivity contribution in [2.75, 3.05) is 13.1 Å². The Morgan fingerprint density at radius 1 is 1.40 bits per heavy atom. The molecule has 1 fully saturated rings. The van der Waals surface area contributed by atoms with E-state index in [9.17, 15) is 9.59 Å². The van der Waals surface area contributed by atoms with Crippen LogP contribution in [0.15, 0.2) is 29.4 Å². The van der Waals surface area contributed by atoms with E-state index >= 15 is 0 Å². The molecule has 0 aromatic heterocycles. The second-order valence-electron chi connectivity index (χ2n) is 4.66. The molecule has 1 amide bonds. The van der Waals surface area contributed by atoms with E-state index in [4.69, 9.17) is 10.6 Å². The van der Waals surface area contributed by atoms with Crippen LogP contribution in [0.1, 0.15) is 22.3 Å². The maximum atomic E-state index is 12.2. The van der Waals surface area contributed by atoms with Gasteiger partial charge in [0, 0.05) is 23.6 Å². The van der Waals surface area contributed by atoms with Gasteiger partial charge in [0.2, 0.25) is 0 Å². The van der Waals surface area contributed by atoms with Gasteiger partial charge in [0.15, 0.2) is 0 Å². The van der Waals surface area contributed by atoms with E-state index in [0.717, 1.165) is 5.56 Å². The van der Waals surface area contributed by atoms with E-state index in [2.05, 4.69) is 10.0 Å². The minimum atomic E-state index is -0.856. The zero-order chi connectivity index (χ0) is 14.5. The largest absolute Gasteiger partial charge is 0.481 e. The van der Waals surface area contributed by atoms with Crippen LogP contribution in [0, 0.1) is 5.92 Å². The SMILES string of the molecule is [N-]=[N+]=NCc1ccc(C(=O)N2CCC(C(=O)O)C2)cc1. The number of carboxylic acid groups (broad SMARTS) is 1. The van der Waals surface area contributed by atoms with Crippen molar-refractivity contribution >= 4 is 11.9 Å². The van der Waals surface area contributed by atoms with Crippen LogP contribution >= 0.6 is 0 Å². The van der Waals surface area contributed by atoms with E-state index in [-0.39, 0.29) is 19.0 Å². The molecule has 1 aliphatic heterocycles. The second kappa shape index (κ2) is 6.08. The zero-order valence-electron chi connectivity index (χ0n) is 10.8. The molecule has 0 spiro atoms. The van der Waals surface area contributed by atoms with Crippen molar-refractivity contribution in [3.63, 3.8) is 0 Å². The first-order valence-corrected chi connectivity index (χ1v) is 6.23. The molecule has 1 aromatic rings. The van der Waals surface area contributed by atoms with Crippen molar-refractivity contribution in [1.82, 2.24) is 4.90 Å². The third kappa shape index (κ3) is 3.07. The minimum absolute atomic E-state index is 0.163. The highest BCUT2D eigenvalue weighted by Gasteiger charge is 2.31. The number of azide groups is 1. The number of nitrogens with zero attached hydrogens (tertiary/aromatic N) is 4. The lowest BCUT2D eigenvalue weighted by atomic mass is 10.1. The van der Waals surface area contributed by atoms with Gasteiger partial charge < -0.3 is 10.0 Å². The monoisotopic (exact) mass is 274 g/mol. The van der Waals surface area contributed by atoms with Crippen molar-refractivity contribution in [3.05, 3.63) is 45.8 Å². The van der Waals surface area contributed by atoms with Crippen LogP contribution in [0.2, 0.25) is 0 Å². The molecule has 0 saturated carbocycles. The number of aliphatic carboxylic acids is 1. The molecule has 104 valence electrons. The molecule has 1 N–H and O–H groups in total. The Kier molecular flexibility index (Phi) is 4.22. The lowest BCUT2D eigenvalue weighted by Gasteiger charge is -2.15. The van der Waals surface area contributed by atoms with Crippen LogP contribution in [0.25, 0.3) is 10.4 Å². The van der Waals surface area contributed by atoms with Crippen LogP contribution in [0.3, 0.4) is 0 Å². The molecule has 20 heavy (non-hydrogen) atoms. The smallest absolute Gasteiger partial charge is 0.308 e. The molecule has 1 atom stereocenters. The molecule has 1 saturated heterocycles. The van der Waals surface area contributed by atoms with Crippen molar-refractivity contribution in [1.29, 1.82) is 0 Å². The number of carbonyl (C=O) groups excluding carboxylic acids is 1. The first-order chi connectivity index (χ1) is 9.61. The number of benzene rings is 1. The fraction of sp³-hybridized carbons (Fsp3) is 0.385. The number of hydrogen-bond acceptors (Lipinski definition) is 3. The van der Waals surface area contributed by atoms with E-state index in [1.165, 1.54) is 0 Å². The van der Waals surface area contributed by atoms with E-state index < -0.39 is 11.9 Å². The van der Waals surface area contributed by atoms with Gasteiger partial charge in [0.25, 0.3) is 5.91 Å². The van der Waals surface area contributed by atoms with Gasteiger partial charge in [-0.25, -0.2) is 0 Å². The molecule has 7 nitrogen and oxygen atoms in total. The van der Waals surface area contributed by atoms with Gasteiger partial charge in [-0.15, -0.1) is 0 Å². The summed E-state index contributed by atoms with van der Waals surface area (Å²) < 4.78 is 0. The second-order valence-corrected chi connectivity index (χ2v) is 4.66. The zero-order valence-corrected chi connectivity index (χ0v) is 10.8. The molecule has 2 rings (SSSR count). The van der Waals surface area contributed by atoms with Gasteiger partial charge in [-0.05, 0) is 29.6 Å². The highest BCUT2D eigenvalue weighted by atomic mass is 16.4. The highest BCUT2D eigenvalue weighted by molar-refractivity contribution is 5.94. The fourth-order valence-electron chi connectivity index (χ4n) is 2.19. The maximum absolute atomic E-state index is 12.2. The first-order valence-electron chi connectivity index (χ1n) is 6.23. The van der Waals surface area contributed by atoms with Gasteiger partial charge in [-0.3, -0.25) is 9.59 Å². The summed E-state index contributed by atoms with van der Waals surface area (Å²) in [5.74, 6) is -1.49. The predicted octanol–water partition coefficient (Wildman–Crippen LogP) is 2.04. The quantitative estimate of drug-likeness (QED) is 0.515. The average molecular weight is 274 g/mol. The van der Waals surface area contributed by atoms with Crippen LogP contribution in [0.5, 0.6) is 0 Å². The molecule has 7 heteroatoms. The molecule has 0 radical (unpaired) electrons. The summed E-state index contributed by atoms with van der Waals surface area (Å²) in [5, 5.41) is 12.4. The van der Waals surface area contributed by atoms with Gasteiger partial charge in [-0.1, -0.05) is 17.2 Å². The summed E-state index contributed by atoms with van der Waals surface area (Å²) in [7, 11) is 0. The summed E-state index contributed by atoms with van der Waals surface area (Å²) in [5.41, 5.74) is 9.57. The summed E-state index contributed by atoms with van der Waals surface area (Å²) >= 11 is 0. The van der Waals surface area contributed by atoms with Crippen LogP contribution in [-0.4, -0.2) is 35.0 Å². The summed E-state index contributed by atoms with van der Waals surface area (Å²) in [6.45, 7) is 0.973. The molecule has 1 aliphatic rings. The van der Waals surface area contributed by atoms with Gasteiger partial charge >= 0.3 is 5.97 Å². The van der Waals surface area contributed by atoms with Gasteiger partial charge in [0.05, 0.1) is 12.5 Å². The van der Waals surface area contributed by atoms with Gasteiger partial charge in [-0.2, -0.15) is 0 Å². The third-order valence-corrected chi connectivity index (χ3v) is 3.34. The fourth-order valence-corrected chi connectivity index (χ4v) is 2.19. The Labute approximate surface area is 115 Å². The number of amides is 1. The Hall–Kier alpha value is -2.53. The summed E-state index contributed by atoms with van der Waals surface area (Å²) in [6.07, 6.45) is 0.496. The normalized spacial score (nSPS) is 17.6. The van der Waals surface area contributed by atoms with E-state index in [1.807, 2.05) is 0 Å². The van der Waals surface area contributed by atoms with Crippen LogP contribution in [-0.2, 0) is 11.3 Å². The summed E-state index contributed by atoms with van der Waals surface area (Å²) in [4.78, 5) is 27.3. The Morgan fingerprint density at radius 2 is 2.10 bits per heavy atom. The Balaban J connectivity index is 2.03. The van der Waals surface area contributed by atoms with Crippen molar-refractivity contribution < 1.29 is 14.7 Å². The molecule has 1 heterocycles. The molecular formula is C13H14N4O3. The lowest BCUT2D eigenvalue weighted by Crippen LogP contribution is -2.29. The number of rotatable bonds is 4. The lowest BCUT2D eigenvalue weighted by molar-refractivity contribution is -0.141. The van der Waals surface area contributed by atoms with Gasteiger partial charge in [0.1, 0.15) is 0 Å². The first kappa shape index (κ1) is 13.9. The van der Waals surface area contributed by atoms with Crippen molar-refractivity contribution in [2.45, 2.75) is 13.0 Å². The Bertz CT molecular complexity index is 563. The highest BCUT2D eigenvalue weighted by Crippen LogP contribution is 2.19.